The molecule has 0 fully saturated rings. The van der Waals surface area contributed by atoms with Gasteiger partial charge in [0.2, 0.25) is 0 Å². The lowest BCUT2D eigenvalue weighted by atomic mass is 9.96. The molecule has 0 aromatic heterocycles. The first-order chi connectivity index (χ1) is 7.20. The van der Waals surface area contributed by atoms with Crippen molar-refractivity contribution >= 4 is 0 Å². The largest absolute Gasteiger partial charge is 0.296 e. The Bertz CT molecular complexity index is 341. The summed E-state index contributed by atoms with van der Waals surface area (Å²) in [6, 6.07) is 7.67. The van der Waals surface area contributed by atoms with Gasteiger partial charge in [0.25, 0.3) is 0 Å². The third-order valence-electron chi connectivity index (χ3n) is 3.45. The van der Waals surface area contributed by atoms with Gasteiger partial charge < -0.3 is 0 Å². The van der Waals surface area contributed by atoms with Crippen LogP contribution in [0.2, 0.25) is 0 Å². The Morgan fingerprint density at radius 3 is 2.73 bits per heavy atom. The van der Waals surface area contributed by atoms with Gasteiger partial charge in [-0.2, -0.15) is 0 Å². The minimum atomic E-state index is 0.670. The second kappa shape index (κ2) is 4.36. The van der Waals surface area contributed by atoms with Gasteiger partial charge in [-0.1, -0.05) is 25.1 Å². The van der Waals surface area contributed by atoms with Gasteiger partial charge in [0.15, 0.2) is 0 Å². The van der Waals surface area contributed by atoms with Crippen LogP contribution in [-0.4, -0.2) is 17.5 Å². The molecule has 15 heavy (non-hydrogen) atoms. The van der Waals surface area contributed by atoms with Gasteiger partial charge in [-0.25, -0.2) is 0 Å². The average Bonchev–Trinajstić information content (AvgIpc) is 2.27. The lowest BCUT2D eigenvalue weighted by Gasteiger charge is -2.32. The molecule has 0 saturated carbocycles. The lowest BCUT2D eigenvalue weighted by Crippen LogP contribution is -2.35. The molecular weight excluding hydrogens is 182 g/mol. The van der Waals surface area contributed by atoms with Crippen molar-refractivity contribution in [2.75, 3.05) is 6.54 Å². The molecule has 1 heteroatoms. The van der Waals surface area contributed by atoms with Crippen LogP contribution in [0.25, 0.3) is 0 Å². The van der Waals surface area contributed by atoms with Crippen LogP contribution in [0.1, 0.15) is 37.5 Å². The van der Waals surface area contributed by atoms with Crippen molar-refractivity contribution in [1.29, 1.82) is 0 Å². The molecule has 0 saturated heterocycles. The fraction of sp³-hybridized carbons (Fsp3) is 0.571. The summed E-state index contributed by atoms with van der Waals surface area (Å²) in [5.74, 6) is 0. The summed E-state index contributed by atoms with van der Waals surface area (Å²) in [6.07, 6.45) is 2.38. The van der Waals surface area contributed by atoms with E-state index < -0.39 is 0 Å². The number of hydrogen-bond acceptors (Lipinski definition) is 1. The van der Waals surface area contributed by atoms with Crippen LogP contribution in [0, 0.1) is 0 Å². The van der Waals surface area contributed by atoms with Crippen LogP contribution in [0.3, 0.4) is 0 Å². The van der Waals surface area contributed by atoms with Crippen LogP contribution >= 0.6 is 0 Å². The van der Waals surface area contributed by atoms with Crippen LogP contribution < -0.4 is 0 Å². The van der Waals surface area contributed by atoms with Gasteiger partial charge in [0, 0.05) is 19.1 Å². The molecule has 0 aliphatic carbocycles. The van der Waals surface area contributed by atoms with E-state index >= 15 is 0 Å². The van der Waals surface area contributed by atoms with Crippen molar-refractivity contribution in [2.24, 2.45) is 0 Å². The Morgan fingerprint density at radius 2 is 2.07 bits per heavy atom. The Labute approximate surface area is 93.1 Å². The highest BCUT2D eigenvalue weighted by Crippen LogP contribution is 2.21. The van der Waals surface area contributed by atoms with E-state index in [9.17, 15) is 0 Å². The molecular formula is C14H21N. The van der Waals surface area contributed by atoms with E-state index in [0.29, 0.717) is 6.04 Å². The van der Waals surface area contributed by atoms with E-state index in [1.54, 1.807) is 5.56 Å². The first-order valence-corrected chi connectivity index (χ1v) is 6.05. The smallest absolute Gasteiger partial charge is 0.0239 e. The fourth-order valence-electron chi connectivity index (χ4n) is 2.29. The monoisotopic (exact) mass is 203 g/mol. The molecule has 0 amide bonds. The van der Waals surface area contributed by atoms with Gasteiger partial charge >= 0.3 is 0 Å². The molecule has 0 radical (unpaired) electrons. The molecule has 2 rings (SSSR count). The molecule has 0 atom stereocenters. The van der Waals surface area contributed by atoms with Crippen molar-refractivity contribution in [3.8, 4) is 0 Å². The predicted molar refractivity (Wildman–Crippen MR) is 65.1 cm³/mol. The normalized spacial score (nSPS) is 16.8. The molecule has 0 unspecified atom stereocenters. The highest BCUT2D eigenvalue weighted by molar-refractivity contribution is 5.33. The third-order valence-corrected chi connectivity index (χ3v) is 3.45. The summed E-state index contributed by atoms with van der Waals surface area (Å²) >= 11 is 0. The summed E-state index contributed by atoms with van der Waals surface area (Å²) in [7, 11) is 0. The Balaban J connectivity index is 2.21. The summed E-state index contributed by atoms with van der Waals surface area (Å²) in [5, 5.41) is 0. The number of rotatable bonds is 2. The first-order valence-electron chi connectivity index (χ1n) is 6.05. The van der Waals surface area contributed by atoms with Crippen molar-refractivity contribution < 1.29 is 0 Å². The number of aryl methyl sites for hydroxylation is 1. The third kappa shape index (κ3) is 2.23. The average molecular weight is 203 g/mol. The minimum absolute atomic E-state index is 0.670. The zero-order valence-corrected chi connectivity index (χ0v) is 10.1. The predicted octanol–water partition coefficient (Wildman–Crippen LogP) is 3.02. The van der Waals surface area contributed by atoms with Gasteiger partial charge in [-0.3, -0.25) is 4.90 Å². The molecule has 82 valence electrons. The van der Waals surface area contributed by atoms with Gasteiger partial charge in [0.05, 0.1) is 0 Å². The highest BCUT2D eigenvalue weighted by Gasteiger charge is 2.17. The SMILES string of the molecule is CCc1ccc2c(c1)CCN(C(C)C)C2. The number of nitrogens with zero attached hydrogens (tertiary/aromatic N) is 1. The van der Waals surface area contributed by atoms with E-state index in [-0.39, 0.29) is 0 Å². The first kappa shape index (κ1) is 10.7. The second-order valence-electron chi connectivity index (χ2n) is 4.77. The Kier molecular flexibility index (Phi) is 3.11. The summed E-state index contributed by atoms with van der Waals surface area (Å²) in [4.78, 5) is 2.55. The number of benzene rings is 1. The number of fused-ring (bicyclic) bond motifs is 1. The van der Waals surface area contributed by atoms with Gasteiger partial charge in [-0.15, -0.1) is 0 Å². The minimum Gasteiger partial charge on any atom is -0.296 e. The van der Waals surface area contributed by atoms with Gasteiger partial charge in [-0.05, 0) is 43.4 Å². The van der Waals surface area contributed by atoms with E-state index in [1.807, 2.05) is 0 Å². The molecule has 0 spiro atoms. The molecule has 0 N–H and O–H groups in total. The molecule has 1 aliphatic rings. The highest BCUT2D eigenvalue weighted by atomic mass is 15.1. The van der Waals surface area contributed by atoms with E-state index in [4.69, 9.17) is 0 Å². The van der Waals surface area contributed by atoms with Crippen molar-refractivity contribution in [2.45, 2.75) is 46.2 Å². The summed E-state index contributed by atoms with van der Waals surface area (Å²) in [6.45, 7) is 9.15. The van der Waals surface area contributed by atoms with E-state index in [1.165, 1.54) is 24.1 Å². The van der Waals surface area contributed by atoms with Crippen LogP contribution in [-0.2, 0) is 19.4 Å². The molecule has 1 heterocycles. The molecule has 1 aliphatic heterocycles. The number of hydrogen-bond donors (Lipinski definition) is 0. The van der Waals surface area contributed by atoms with E-state index in [2.05, 4.69) is 43.9 Å². The second-order valence-corrected chi connectivity index (χ2v) is 4.77. The molecule has 0 bridgehead atoms. The zero-order valence-electron chi connectivity index (χ0n) is 10.1. The Hall–Kier alpha value is -0.820. The van der Waals surface area contributed by atoms with Gasteiger partial charge in [0.1, 0.15) is 0 Å². The van der Waals surface area contributed by atoms with Crippen molar-refractivity contribution in [3.05, 3.63) is 34.9 Å². The van der Waals surface area contributed by atoms with E-state index in [0.717, 1.165) is 13.0 Å². The van der Waals surface area contributed by atoms with Crippen LogP contribution in [0.5, 0.6) is 0 Å². The quantitative estimate of drug-likeness (QED) is 0.714. The molecule has 1 aromatic carbocycles. The van der Waals surface area contributed by atoms with Crippen LogP contribution in [0.4, 0.5) is 0 Å². The van der Waals surface area contributed by atoms with Crippen LogP contribution in [0.15, 0.2) is 18.2 Å². The summed E-state index contributed by atoms with van der Waals surface area (Å²) in [5.41, 5.74) is 4.59. The topological polar surface area (TPSA) is 3.24 Å². The fourth-order valence-corrected chi connectivity index (χ4v) is 2.29. The summed E-state index contributed by atoms with van der Waals surface area (Å²) < 4.78 is 0. The van der Waals surface area contributed by atoms with Crippen molar-refractivity contribution in [3.63, 3.8) is 0 Å². The molecule has 1 aromatic rings. The zero-order chi connectivity index (χ0) is 10.8. The lowest BCUT2D eigenvalue weighted by molar-refractivity contribution is 0.203. The molecule has 1 nitrogen and oxygen atoms in total. The Morgan fingerprint density at radius 1 is 1.27 bits per heavy atom. The maximum atomic E-state index is 2.55. The standard InChI is InChI=1S/C14H21N/c1-4-12-5-6-14-10-15(11(2)3)8-7-13(14)9-12/h5-6,9,11H,4,7-8,10H2,1-3H3. The van der Waals surface area contributed by atoms with Crippen molar-refractivity contribution in [1.82, 2.24) is 4.90 Å². The maximum absolute atomic E-state index is 2.55. The maximum Gasteiger partial charge on any atom is 0.0239 e.